The normalized spacial score (nSPS) is 22.1. The van der Waals surface area contributed by atoms with Crippen LogP contribution in [-0.2, 0) is 11.2 Å². The smallest absolute Gasteiger partial charge is 0.328 e. The van der Waals surface area contributed by atoms with Gasteiger partial charge in [-0.25, -0.2) is 4.79 Å². The van der Waals surface area contributed by atoms with Gasteiger partial charge >= 0.3 is 6.03 Å². The van der Waals surface area contributed by atoms with E-state index in [4.69, 9.17) is 4.74 Å². The van der Waals surface area contributed by atoms with Gasteiger partial charge in [0.2, 0.25) is 0 Å². The van der Waals surface area contributed by atoms with E-state index in [0.717, 1.165) is 46.3 Å². The molecule has 3 heterocycles. The van der Waals surface area contributed by atoms with E-state index in [1.165, 1.54) is 11.3 Å². The number of carbonyl (C=O) groups excluding carboxylic acids is 2. The van der Waals surface area contributed by atoms with E-state index in [1.54, 1.807) is 30.2 Å². The number of urea groups is 1. The van der Waals surface area contributed by atoms with E-state index in [0.29, 0.717) is 25.6 Å². The lowest BCUT2D eigenvalue weighted by atomic mass is 9.89. The highest BCUT2D eigenvalue weighted by Crippen LogP contribution is 2.44. The minimum Gasteiger partial charge on any atom is -0.508 e. The van der Waals surface area contributed by atoms with Gasteiger partial charge in [0.15, 0.2) is 0 Å². The van der Waals surface area contributed by atoms with Crippen molar-refractivity contribution in [1.29, 1.82) is 0 Å². The first kappa shape index (κ1) is 21.0. The predicted octanol–water partition coefficient (Wildman–Crippen LogP) is 3.30. The lowest BCUT2D eigenvalue weighted by molar-refractivity contribution is -0.128. The molecule has 1 unspecified atom stereocenters. The Kier molecular flexibility index (Phi) is 4.99. The minimum atomic E-state index is -0.582. The number of carbonyl (C=O) groups is 2. The van der Waals surface area contributed by atoms with Crippen molar-refractivity contribution >= 4 is 22.8 Å². The number of amides is 3. The van der Waals surface area contributed by atoms with Gasteiger partial charge in [0.05, 0.1) is 7.11 Å². The molecular weight excluding hydrogens is 432 g/mol. The second-order valence-corrected chi connectivity index (χ2v) is 9.41. The van der Waals surface area contributed by atoms with Crippen LogP contribution in [0.4, 0.5) is 4.79 Å². The van der Waals surface area contributed by atoms with Gasteiger partial charge in [-0.1, -0.05) is 18.6 Å². The molecule has 3 N–H and O–H groups in total. The summed E-state index contributed by atoms with van der Waals surface area (Å²) >= 11 is 0. The van der Waals surface area contributed by atoms with E-state index in [2.05, 4.69) is 10.3 Å². The van der Waals surface area contributed by atoms with Gasteiger partial charge < -0.3 is 20.1 Å². The molecule has 1 saturated heterocycles. The predicted molar refractivity (Wildman–Crippen MR) is 127 cm³/mol. The highest BCUT2D eigenvalue weighted by molar-refractivity contribution is 6.05. The quantitative estimate of drug-likeness (QED) is 0.491. The molecule has 34 heavy (non-hydrogen) atoms. The average molecular weight is 461 g/mol. The number of methoxy groups -OCH3 is 1. The summed E-state index contributed by atoms with van der Waals surface area (Å²) in [4.78, 5) is 33.7. The highest BCUT2D eigenvalue weighted by atomic mass is 16.5. The molecule has 3 aliphatic rings. The van der Waals surface area contributed by atoms with Gasteiger partial charge in [-0.3, -0.25) is 14.6 Å². The zero-order valence-electron chi connectivity index (χ0n) is 19.1. The monoisotopic (exact) mass is 460 g/mol. The molecule has 1 aliphatic carbocycles. The average Bonchev–Trinajstić information content (AvgIpc) is 3.28. The third-order valence-electron chi connectivity index (χ3n) is 7.49. The largest absolute Gasteiger partial charge is 0.508 e. The molecule has 2 fully saturated rings. The summed E-state index contributed by atoms with van der Waals surface area (Å²) in [7, 11) is 1.63. The Balaban J connectivity index is 1.41. The standard InChI is InChI=1S/C26H28N4O4/c1-34-18-8-9-21-19(13-18)20-14-22-25(32)29(11-10-27-16-5-3-6-16)26(33)30(22)24(23(20)28-21)15-4-2-7-17(31)12-15/h2,4,7-9,12-13,16,22,24,27-28,31H,3,5-6,10-11,14H2,1H3/t22-,24?/m0/s1. The summed E-state index contributed by atoms with van der Waals surface area (Å²) in [5.74, 6) is 0.704. The first-order valence-corrected chi connectivity index (χ1v) is 11.9. The summed E-state index contributed by atoms with van der Waals surface area (Å²) in [6.45, 7) is 0.960. The fraction of sp³-hybridized carbons (Fsp3) is 0.385. The lowest BCUT2D eigenvalue weighted by Crippen LogP contribution is -2.44. The number of imide groups is 1. The van der Waals surface area contributed by atoms with Gasteiger partial charge in [-0.05, 0) is 54.3 Å². The summed E-state index contributed by atoms with van der Waals surface area (Å²) in [6, 6.07) is 11.9. The van der Waals surface area contributed by atoms with E-state index in [1.807, 2.05) is 24.3 Å². The summed E-state index contributed by atoms with van der Waals surface area (Å²) in [5.41, 5.74) is 3.58. The van der Waals surface area contributed by atoms with Crippen LogP contribution in [0, 0.1) is 0 Å². The number of fused-ring (bicyclic) bond motifs is 4. The number of hydrogen-bond donors (Lipinski definition) is 3. The van der Waals surface area contributed by atoms with E-state index in [-0.39, 0.29) is 17.7 Å². The molecule has 1 saturated carbocycles. The van der Waals surface area contributed by atoms with E-state index in [9.17, 15) is 14.7 Å². The molecule has 3 amide bonds. The van der Waals surface area contributed by atoms with Crippen LogP contribution < -0.4 is 10.1 Å². The van der Waals surface area contributed by atoms with Crippen LogP contribution in [0.5, 0.6) is 11.5 Å². The van der Waals surface area contributed by atoms with Crippen LogP contribution in [0.15, 0.2) is 42.5 Å². The number of benzene rings is 2. The second-order valence-electron chi connectivity index (χ2n) is 9.41. The van der Waals surface area contributed by atoms with Crippen molar-refractivity contribution in [1.82, 2.24) is 20.1 Å². The van der Waals surface area contributed by atoms with Crippen molar-refractivity contribution in [2.45, 2.75) is 43.8 Å². The molecule has 8 nitrogen and oxygen atoms in total. The fourth-order valence-electron chi connectivity index (χ4n) is 5.52. The molecule has 2 aromatic carbocycles. The molecule has 176 valence electrons. The molecule has 2 aliphatic heterocycles. The maximum atomic E-state index is 13.6. The van der Waals surface area contributed by atoms with Gasteiger partial charge in [0.1, 0.15) is 23.6 Å². The maximum absolute atomic E-state index is 13.6. The maximum Gasteiger partial charge on any atom is 0.328 e. The highest BCUT2D eigenvalue weighted by Gasteiger charge is 2.52. The van der Waals surface area contributed by atoms with Crippen molar-refractivity contribution in [3.05, 3.63) is 59.3 Å². The molecule has 0 bridgehead atoms. The van der Waals surface area contributed by atoms with Crippen molar-refractivity contribution in [3.8, 4) is 11.5 Å². The lowest BCUT2D eigenvalue weighted by Gasteiger charge is -2.36. The topological polar surface area (TPSA) is 97.9 Å². The number of nitrogens with zero attached hydrogens (tertiary/aromatic N) is 2. The number of aromatic amines is 1. The number of aromatic hydroxyl groups is 1. The van der Waals surface area contributed by atoms with Gasteiger partial charge in [-0.15, -0.1) is 0 Å². The Labute approximate surface area is 197 Å². The van der Waals surface area contributed by atoms with Gasteiger partial charge in [0.25, 0.3) is 5.91 Å². The Bertz CT molecular complexity index is 1280. The Morgan fingerprint density at radius 1 is 1.18 bits per heavy atom. The van der Waals surface area contributed by atoms with Crippen LogP contribution in [-0.4, -0.2) is 64.1 Å². The zero-order valence-corrected chi connectivity index (χ0v) is 19.1. The molecule has 2 atom stereocenters. The van der Waals surface area contributed by atoms with Crippen molar-refractivity contribution < 1.29 is 19.4 Å². The number of phenols is 1. The first-order valence-electron chi connectivity index (χ1n) is 11.9. The minimum absolute atomic E-state index is 0.124. The number of nitrogens with one attached hydrogen (secondary N) is 2. The number of rotatable bonds is 6. The fourth-order valence-corrected chi connectivity index (χ4v) is 5.52. The molecule has 0 radical (unpaired) electrons. The van der Waals surface area contributed by atoms with Crippen molar-refractivity contribution in [2.24, 2.45) is 0 Å². The zero-order chi connectivity index (χ0) is 23.4. The summed E-state index contributed by atoms with van der Waals surface area (Å²) < 4.78 is 5.44. The third kappa shape index (κ3) is 3.24. The number of ether oxygens (including phenoxy) is 1. The Morgan fingerprint density at radius 3 is 2.76 bits per heavy atom. The van der Waals surface area contributed by atoms with Crippen molar-refractivity contribution in [2.75, 3.05) is 20.2 Å². The molecule has 3 aromatic rings. The van der Waals surface area contributed by atoms with Crippen LogP contribution >= 0.6 is 0 Å². The molecule has 8 heteroatoms. The molecule has 6 rings (SSSR count). The van der Waals surface area contributed by atoms with Crippen LogP contribution in [0.2, 0.25) is 0 Å². The molecule has 0 spiro atoms. The Hall–Kier alpha value is -3.52. The summed E-state index contributed by atoms with van der Waals surface area (Å²) in [5, 5.41) is 14.6. The Morgan fingerprint density at radius 2 is 2.03 bits per heavy atom. The number of hydrogen-bond acceptors (Lipinski definition) is 5. The first-order chi connectivity index (χ1) is 16.5. The van der Waals surface area contributed by atoms with Crippen LogP contribution in [0.3, 0.4) is 0 Å². The molecular formula is C26H28N4O4. The number of aromatic nitrogens is 1. The second kappa shape index (κ2) is 8.06. The SMILES string of the molecule is COc1ccc2[nH]c3c(c2c1)C[C@H]1C(=O)N(CCNC2CCC2)C(=O)N1C3c1cccc(O)c1. The van der Waals surface area contributed by atoms with Crippen LogP contribution in [0.1, 0.15) is 42.1 Å². The van der Waals surface area contributed by atoms with Gasteiger partial charge in [-0.2, -0.15) is 0 Å². The number of phenolic OH excluding ortho intramolecular Hbond substituents is 1. The number of H-pyrrole nitrogens is 1. The van der Waals surface area contributed by atoms with E-state index >= 15 is 0 Å². The van der Waals surface area contributed by atoms with Gasteiger partial charge in [0, 0.05) is 42.1 Å². The van der Waals surface area contributed by atoms with Crippen molar-refractivity contribution in [3.63, 3.8) is 0 Å². The molecule has 1 aromatic heterocycles. The van der Waals surface area contributed by atoms with E-state index < -0.39 is 12.1 Å². The summed E-state index contributed by atoms with van der Waals surface area (Å²) in [6.07, 6.45) is 3.98. The third-order valence-corrected chi connectivity index (χ3v) is 7.49. The van der Waals surface area contributed by atoms with Crippen LogP contribution in [0.25, 0.3) is 10.9 Å².